The minimum atomic E-state index is -1.45. The Bertz CT molecular complexity index is 1090. The molecule has 3 aromatic rings. The highest BCUT2D eigenvalue weighted by Crippen LogP contribution is 2.44. The normalized spacial score (nSPS) is 16.1. The van der Waals surface area contributed by atoms with Gasteiger partial charge in [0.2, 0.25) is 5.60 Å². The quantitative estimate of drug-likeness (QED) is 0.677. The molecule has 1 fully saturated rings. The molecule has 31 heavy (non-hydrogen) atoms. The molecule has 1 saturated heterocycles. The second kappa shape index (κ2) is 7.47. The number of carboxylic acid groups (broad SMARTS) is 1. The van der Waals surface area contributed by atoms with E-state index in [0.717, 1.165) is 22.3 Å². The fraction of sp³-hybridized carbons (Fsp3) is 0.200. The zero-order valence-electron chi connectivity index (χ0n) is 16.7. The molecule has 2 aliphatic rings. The summed E-state index contributed by atoms with van der Waals surface area (Å²) in [7, 11) is 0. The van der Waals surface area contributed by atoms with Crippen molar-refractivity contribution in [2.75, 3.05) is 19.7 Å². The van der Waals surface area contributed by atoms with E-state index in [1.807, 2.05) is 30.3 Å². The van der Waals surface area contributed by atoms with Crippen LogP contribution < -0.4 is 4.74 Å². The van der Waals surface area contributed by atoms with Gasteiger partial charge in [-0.25, -0.2) is 9.59 Å². The lowest BCUT2D eigenvalue weighted by molar-refractivity contribution is -0.169. The van der Waals surface area contributed by atoms with E-state index in [1.165, 1.54) is 4.90 Å². The molecule has 6 heteroatoms. The Hall–Kier alpha value is -3.80. The SMILES string of the molecule is O=C(OCC1c2ccccc2-c2ccccc21)N1CC(Oc2ccccc2)(C(=O)O)C1. The number of rotatable bonds is 5. The third-order valence-electron chi connectivity index (χ3n) is 5.93. The Labute approximate surface area is 179 Å². The number of nitrogens with zero attached hydrogens (tertiary/aromatic N) is 1. The highest BCUT2D eigenvalue weighted by atomic mass is 16.6. The first kappa shape index (κ1) is 19.2. The van der Waals surface area contributed by atoms with Crippen LogP contribution in [0.3, 0.4) is 0 Å². The molecule has 6 nitrogen and oxygen atoms in total. The van der Waals surface area contributed by atoms with Crippen molar-refractivity contribution in [3.05, 3.63) is 90.0 Å². The van der Waals surface area contributed by atoms with Gasteiger partial charge in [0, 0.05) is 5.92 Å². The van der Waals surface area contributed by atoms with Crippen molar-refractivity contribution in [3.8, 4) is 16.9 Å². The molecule has 1 N–H and O–H groups in total. The van der Waals surface area contributed by atoms with Gasteiger partial charge in [-0.15, -0.1) is 0 Å². The molecular formula is C25H21NO5. The van der Waals surface area contributed by atoms with Gasteiger partial charge >= 0.3 is 12.1 Å². The molecule has 5 rings (SSSR count). The summed E-state index contributed by atoms with van der Waals surface area (Å²) in [5.41, 5.74) is 3.13. The van der Waals surface area contributed by atoms with Crippen LogP contribution in [0, 0.1) is 0 Å². The van der Waals surface area contributed by atoms with Crippen LogP contribution in [0.1, 0.15) is 17.0 Å². The molecule has 1 aliphatic carbocycles. The largest absolute Gasteiger partial charge is 0.478 e. The minimum absolute atomic E-state index is 0.0394. The predicted octanol–water partition coefficient (Wildman–Crippen LogP) is 4.15. The van der Waals surface area contributed by atoms with Gasteiger partial charge in [-0.3, -0.25) is 4.90 Å². The number of fused-ring (bicyclic) bond motifs is 3. The van der Waals surface area contributed by atoms with Gasteiger partial charge in [-0.1, -0.05) is 66.7 Å². The molecule has 1 aliphatic heterocycles. The van der Waals surface area contributed by atoms with E-state index >= 15 is 0 Å². The first-order chi connectivity index (χ1) is 15.1. The van der Waals surface area contributed by atoms with Crippen molar-refractivity contribution in [1.82, 2.24) is 4.90 Å². The van der Waals surface area contributed by atoms with Crippen LogP contribution in [-0.2, 0) is 9.53 Å². The highest BCUT2D eigenvalue weighted by molar-refractivity contribution is 5.84. The van der Waals surface area contributed by atoms with Crippen molar-refractivity contribution >= 4 is 12.1 Å². The number of likely N-dealkylation sites (tertiary alicyclic amines) is 1. The summed E-state index contributed by atoms with van der Waals surface area (Å²) in [5.74, 6) is -0.682. The van der Waals surface area contributed by atoms with Crippen LogP contribution in [0.2, 0.25) is 0 Å². The van der Waals surface area contributed by atoms with Crippen molar-refractivity contribution in [1.29, 1.82) is 0 Å². The van der Waals surface area contributed by atoms with Crippen LogP contribution in [0.25, 0.3) is 11.1 Å². The lowest BCUT2D eigenvalue weighted by atomic mass is 9.94. The molecule has 0 aromatic heterocycles. The standard InChI is InChI=1S/C25H21NO5/c27-23(28)25(31-17-8-2-1-3-9-17)15-26(16-25)24(29)30-14-22-20-12-6-4-10-18(20)19-11-5-7-13-21(19)22/h1-13,22H,14-16H2,(H,27,28). The number of aliphatic carboxylic acids is 1. The van der Waals surface area contributed by atoms with Gasteiger partial charge < -0.3 is 14.6 Å². The molecule has 3 aromatic carbocycles. The number of carbonyl (C=O) groups excluding carboxylic acids is 1. The zero-order valence-corrected chi connectivity index (χ0v) is 16.7. The fourth-order valence-corrected chi connectivity index (χ4v) is 4.34. The fourth-order valence-electron chi connectivity index (χ4n) is 4.34. The second-order valence-corrected chi connectivity index (χ2v) is 7.87. The van der Waals surface area contributed by atoms with Gasteiger partial charge in [0.1, 0.15) is 12.4 Å². The molecule has 0 spiro atoms. The Kier molecular flexibility index (Phi) is 4.62. The van der Waals surface area contributed by atoms with E-state index in [0.29, 0.717) is 5.75 Å². The van der Waals surface area contributed by atoms with Gasteiger partial charge in [0.15, 0.2) is 0 Å². The van der Waals surface area contributed by atoms with Crippen LogP contribution in [0.4, 0.5) is 4.79 Å². The van der Waals surface area contributed by atoms with Crippen LogP contribution >= 0.6 is 0 Å². The third kappa shape index (κ3) is 3.30. The van der Waals surface area contributed by atoms with Gasteiger partial charge in [0.25, 0.3) is 0 Å². The monoisotopic (exact) mass is 415 g/mol. The number of carbonyl (C=O) groups is 2. The lowest BCUT2D eigenvalue weighted by Gasteiger charge is -2.45. The first-order valence-corrected chi connectivity index (χ1v) is 10.1. The second-order valence-electron chi connectivity index (χ2n) is 7.87. The Morgan fingerprint density at radius 2 is 1.42 bits per heavy atom. The molecule has 0 saturated carbocycles. The van der Waals surface area contributed by atoms with Gasteiger partial charge in [-0.05, 0) is 34.4 Å². The molecule has 0 radical (unpaired) electrons. The number of hydrogen-bond acceptors (Lipinski definition) is 4. The predicted molar refractivity (Wildman–Crippen MR) is 114 cm³/mol. The summed E-state index contributed by atoms with van der Waals surface area (Å²) in [6, 6.07) is 25.0. The number of benzene rings is 3. The summed E-state index contributed by atoms with van der Waals surface area (Å²) >= 11 is 0. The Morgan fingerprint density at radius 1 is 0.871 bits per heavy atom. The average Bonchev–Trinajstić information content (AvgIpc) is 3.08. The lowest BCUT2D eigenvalue weighted by Crippen LogP contribution is -2.70. The Balaban J connectivity index is 1.26. The van der Waals surface area contributed by atoms with E-state index < -0.39 is 17.7 Å². The topological polar surface area (TPSA) is 76.1 Å². The highest BCUT2D eigenvalue weighted by Gasteiger charge is 2.55. The van der Waals surface area contributed by atoms with E-state index in [2.05, 4.69) is 24.3 Å². The maximum Gasteiger partial charge on any atom is 0.410 e. The molecule has 0 unspecified atom stereocenters. The van der Waals surface area contributed by atoms with Crippen LogP contribution in [0.15, 0.2) is 78.9 Å². The number of carboxylic acids is 1. The van der Waals surface area contributed by atoms with E-state index in [4.69, 9.17) is 9.47 Å². The maximum absolute atomic E-state index is 12.6. The Morgan fingerprint density at radius 3 is 2.00 bits per heavy atom. The van der Waals surface area contributed by atoms with Crippen LogP contribution in [0.5, 0.6) is 5.75 Å². The van der Waals surface area contributed by atoms with Gasteiger partial charge in [0.05, 0.1) is 13.1 Å². The summed E-state index contributed by atoms with van der Waals surface area (Å²) in [4.78, 5) is 25.8. The molecule has 0 bridgehead atoms. The maximum atomic E-state index is 12.6. The molecular weight excluding hydrogens is 394 g/mol. The average molecular weight is 415 g/mol. The summed E-state index contributed by atoms with van der Waals surface area (Å²) in [5, 5.41) is 9.66. The number of para-hydroxylation sites is 1. The number of ether oxygens (including phenoxy) is 2. The summed E-state index contributed by atoms with van der Waals surface area (Å²) in [6.45, 7) is 0.0742. The van der Waals surface area contributed by atoms with Crippen molar-refractivity contribution in [2.45, 2.75) is 11.5 Å². The van der Waals surface area contributed by atoms with Crippen molar-refractivity contribution < 1.29 is 24.2 Å². The number of hydrogen-bond donors (Lipinski definition) is 1. The van der Waals surface area contributed by atoms with Crippen molar-refractivity contribution in [2.24, 2.45) is 0 Å². The number of amides is 1. The van der Waals surface area contributed by atoms with E-state index in [9.17, 15) is 14.7 Å². The molecule has 1 amide bonds. The third-order valence-corrected chi connectivity index (χ3v) is 5.93. The zero-order chi connectivity index (χ0) is 21.4. The van der Waals surface area contributed by atoms with E-state index in [1.54, 1.807) is 24.3 Å². The van der Waals surface area contributed by atoms with Gasteiger partial charge in [-0.2, -0.15) is 0 Å². The van der Waals surface area contributed by atoms with Crippen molar-refractivity contribution in [3.63, 3.8) is 0 Å². The molecule has 1 heterocycles. The summed E-state index contributed by atoms with van der Waals surface area (Å²) < 4.78 is 11.3. The first-order valence-electron chi connectivity index (χ1n) is 10.1. The smallest absolute Gasteiger partial charge is 0.410 e. The van der Waals surface area contributed by atoms with E-state index in [-0.39, 0.29) is 25.6 Å². The minimum Gasteiger partial charge on any atom is -0.478 e. The summed E-state index contributed by atoms with van der Waals surface area (Å²) in [6.07, 6.45) is -0.532. The molecule has 0 atom stereocenters. The van der Waals surface area contributed by atoms with Crippen LogP contribution in [-0.4, -0.2) is 47.4 Å². The molecule has 156 valence electrons.